The van der Waals surface area contributed by atoms with E-state index in [4.69, 9.17) is 5.11 Å². The van der Waals surface area contributed by atoms with E-state index < -0.39 is 5.97 Å². The van der Waals surface area contributed by atoms with E-state index in [9.17, 15) is 4.79 Å². The second-order valence-corrected chi connectivity index (χ2v) is 6.63. The van der Waals surface area contributed by atoms with Crippen LogP contribution in [0, 0.1) is 6.92 Å². The predicted molar refractivity (Wildman–Crippen MR) is 93.2 cm³/mol. The van der Waals surface area contributed by atoms with Crippen LogP contribution < -0.4 is 0 Å². The van der Waals surface area contributed by atoms with Gasteiger partial charge in [-0.05, 0) is 44.4 Å². The number of carboxylic acids is 1. The monoisotopic (exact) mass is 327 g/mol. The van der Waals surface area contributed by atoms with Crippen LogP contribution in [0.1, 0.15) is 43.2 Å². The van der Waals surface area contributed by atoms with Crippen molar-refractivity contribution in [3.8, 4) is 5.69 Å². The van der Waals surface area contributed by atoms with Crippen LogP contribution >= 0.6 is 0 Å². The smallest absolute Gasteiger partial charge is 0.303 e. The minimum absolute atomic E-state index is 0.254. The van der Waals surface area contributed by atoms with Gasteiger partial charge in [0.15, 0.2) is 0 Å². The van der Waals surface area contributed by atoms with Crippen molar-refractivity contribution in [3.63, 3.8) is 0 Å². The second kappa shape index (κ2) is 7.62. The lowest BCUT2D eigenvalue weighted by molar-refractivity contribution is -0.137. The first-order chi connectivity index (χ1) is 11.6. The van der Waals surface area contributed by atoms with Crippen LogP contribution in [-0.4, -0.2) is 38.3 Å². The van der Waals surface area contributed by atoms with Crippen LogP contribution in [0.2, 0.25) is 0 Å². The molecule has 1 aliphatic heterocycles. The second-order valence-electron chi connectivity index (χ2n) is 6.63. The lowest BCUT2D eigenvalue weighted by Gasteiger charge is -2.35. The van der Waals surface area contributed by atoms with E-state index in [0.29, 0.717) is 6.04 Å². The minimum atomic E-state index is -0.701. The van der Waals surface area contributed by atoms with Crippen LogP contribution in [-0.2, 0) is 11.3 Å². The van der Waals surface area contributed by atoms with Crippen LogP contribution in [0.3, 0.4) is 0 Å². The average molecular weight is 327 g/mol. The van der Waals surface area contributed by atoms with Crippen molar-refractivity contribution in [2.45, 2.75) is 51.6 Å². The molecule has 128 valence electrons. The van der Waals surface area contributed by atoms with Gasteiger partial charge in [0, 0.05) is 30.8 Å². The number of aryl methyl sites for hydroxylation is 1. The number of nitrogens with zero attached hydrogens (tertiary/aromatic N) is 3. The molecule has 0 radical (unpaired) electrons. The molecular weight excluding hydrogens is 302 g/mol. The standard InChI is InChI=1S/C19H25N3O2/c1-15-6-2-3-8-18(15)22-14-16(12-20-22)13-21-11-5-4-7-17(21)9-10-19(23)24/h2-3,6,8,12,14,17H,4-5,7,9-11,13H2,1H3,(H,23,24)/t17-/m0/s1. The third-order valence-electron chi connectivity index (χ3n) is 4.82. The first kappa shape index (κ1) is 16.7. The summed E-state index contributed by atoms with van der Waals surface area (Å²) >= 11 is 0. The van der Waals surface area contributed by atoms with Crippen LogP contribution in [0.5, 0.6) is 0 Å². The molecule has 0 unspecified atom stereocenters. The van der Waals surface area contributed by atoms with E-state index in [-0.39, 0.29) is 6.42 Å². The van der Waals surface area contributed by atoms with Crippen molar-refractivity contribution in [1.82, 2.24) is 14.7 Å². The highest BCUT2D eigenvalue weighted by atomic mass is 16.4. The third kappa shape index (κ3) is 4.03. The molecule has 1 atom stereocenters. The zero-order valence-corrected chi connectivity index (χ0v) is 14.2. The summed E-state index contributed by atoms with van der Waals surface area (Å²) in [5, 5.41) is 13.5. The molecule has 2 aromatic rings. The SMILES string of the molecule is Cc1ccccc1-n1cc(CN2CCCC[C@H]2CCC(=O)O)cn1. The lowest BCUT2D eigenvalue weighted by Crippen LogP contribution is -2.39. The molecular formula is C19H25N3O2. The Bertz CT molecular complexity index is 695. The highest BCUT2D eigenvalue weighted by molar-refractivity contribution is 5.66. The van der Waals surface area contributed by atoms with Gasteiger partial charge in [-0.2, -0.15) is 5.10 Å². The Hall–Kier alpha value is -2.14. The number of hydrogen-bond donors (Lipinski definition) is 1. The fourth-order valence-corrected chi connectivity index (χ4v) is 3.51. The third-order valence-corrected chi connectivity index (χ3v) is 4.82. The van der Waals surface area contributed by atoms with Gasteiger partial charge in [-0.25, -0.2) is 4.68 Å². The summed E-state index contributed by atoms with van der Waals surface area (Å²) in [4.78, 5) is 13.3. The summed E-state index contributed by atoms with van der Waals surface area (Å²) in [6, 6.07) is 8.59. The Balaban J connectivity index is 1.68. The summed E-state index contributed by atoms with van der Waals surface area (Å²) in [5.74, 6) is -0.701. The van der Waals surface area contributed by atoms with E-state index in [0.717, 1.165) is 31.6 Å². The van der Waals surface area contributed by atoms with Crippen molar-refractivity contribution in [1.29, 1.82) is 0 Å². The van der Waals surface area contributed by atoms with Crippen molar-refractivity contribution in [3.05, 3.63) is 47.8 Å². The normalized spacial score (nSPS) is 18.6. The maximum absolute atomic E-state index is 10.9. The Morgan fingerprint density at radius 1 is 1.33 bits per heavy atom. The Morgan fingerprint density at radius 3 is 2.96 bits per heavy atom. The average Bonchev–Trinajstić information content (AvgIpc) is 3.03. The van der Waals surface area contributed by atoms with Gasteiger partial charge in [-0.1, -0.05) is 24.6 Å². The molecule has 1 aliphatic rings. The summed E-state index contributed by atoms with van der Waals surface area (Å²) in [6.45, 7) is 3.97. The summed E-state index contributed by atoms with van der Waals surface area (Å²) < 4.78 is 1.93. The molecule has 1 aromatic carbocycles. The number of rotatable bonds is 6. The summed E-state index contributed by atoms with van der Waals surface area (Å²) in [7, 11) is 0. The number of carbonyl (C=O) groups is 1. The number of likely N-dealkylation sites (tertiary alicyclic amines) is 1. The van der Waals surface area contributed by atoms with Gasteiger partial charge >= 0.3 is 5.97 Å². The minimum Gasteiger partial charge on any atom is -0.481 e. The molecule has 0 bridgehead atoms. The van der Waals surface area contributed by atoms with E-state index in [1.807, 2.05) is 23.0 Å². The van der Waals surface area contributed by atoms with Crippen molar-refractivity contribution >= 4 is 5.97 Å². The van der Waals surface area contributed by atoms with Gasteiger partial charge in [0.2, 0.25) is 0 Å². The number of aliphatic carboxylic acids is 1. The number of hydrogen-bond acceptors (Lipinski definition) is 3. The van der Waals surface area contributed by atoms with Crippen molar-refractivity contribution < 1.29 is 9.90 Å². The van der Waals surface area contributed by atoms with Crippen LogP contribution in [0.15, 0.2) is 36.7 Å². The van der Waals surface area contributed by atoms with Crippen LogP contribution in [0.25, 0.3) is 5.69 Å². The summed E-state index contributed by atoms with van der Waals surface area (Å²) in [6.07, 6.45) is 8.49. The van der Waals surface area contributed by atoms with Gasteiger partial charge in [-0.3, -0.25) is 9.69 Å². The van der Waals surface area contributed by atoms with Gasteiger partial charge < -0.3 is 5.11 Å². The Morgan fingerprint density at radius 2 is 2.17 bits per heavy atom. The molecule has 2 heterocycles. The highest BCUT2D eigenvalue weighted by Crippen LogP contribution is 2.23. The molecule has 0 saturated carbocycles. The molecule has 1 saturated heterocycles. The Kier molecular flexibility index (Phi) is 5.30. The number of aromatic nitrogens is 2. The molecule has 1 aromatic heterocycles. The fraction of sp³-hybridized carbons (Fsp3) is 0.474. The summed E-state index contributed by atoms with van der Waals surface area (Å²) in [5.41, 5.74) is 3.48. The molecule has 5 nitrogen and oxygen atoms in total. The zero-order valence-electron chi connectivity index (χ0n) is 14.2. The molecule has 24 heavy (non-hydrogen) atoms. The van der Waals surface area contributed by atoms with Crippen molar-refractivity contribution in [2.24, 2.45) is 0 Å². The first-order valence-corrected chi connectivity index (χ1v) is 8.69. The lowest BCUT2D eigenvalue weighted by atomic mass is 9.97. The van der Waals surface area contributed by atoms with Gasteiger partial charge in [0.05, 0.1) is 11.9 Å². The zero-order chi connectivity index (χ0) is 16.9. The molecule has 0 aliphatic carbocycles. The molecule has 5 heteroatoms. The Labute approximate surface area is 142 Å². The maximum Gasteiger partial charge on any atom is 0.303 e. The van der Waals surface area contributed by atoms with Crippen molar-refractivity contribution in [2.75, 3.05) is 6.54 Å². The molecule has 0 amide bonds. The molecule has 1 fully saturated rings. The quantitative estimate of drug-likeness (QED) is 0.883. The fourth-order valence-electron chi connectivity index (χ4n) is 3.51. The number of carboxylic acid groups (broad SMARTS) is 1. The molecule has 3 rings (SSSR count). The number of benzene rings is 1. The largest absolute Gasteiger partial charge is 0.481 e. The molecule has 0 spiro atoms. The van der Waals surface area contributed by atoms with Gasteiger partial charge in [0.1, 0.15) is 0 Å². The first-order valence-electron chi connectivity index (χ1n) is 8.69. The number of para-hydroxylation sites is 1. The molecule has 1 N–H and O–H groups in total. The van der Waals surface area contributed by atoms with E-state index >= 15 is 0 Å². The maximum atomic E-state index is 10.9. The van der Waals surface area contributed by atoms with Gasteiger partial charge in [-0.15, -0.1) is 0 Å². The number of piperidine rings is 1. The van der Waals surface area contributed by atoms with E-state index in [1.165, 1.54) is 24.0 Å². The topological polar surface area (TPSA) is 58.4 Å². The predicted octanol–water partition coefficient (Wildman–Crippen LogP) is 3.40. The van der Waals surface area contributed by atoms with E-state index in [2.05, 4.69) is 35.3 Å². The van der Waals surface area contributed by atoms with Crippen LogP contribution in [0.4, 0.5) is 0 Å². The van der Waals surface area contributed by atoms with Gasteiger partial charge in [0.25, 0.3) is 0 Å². The highest BCUT2D eigenvalue weighted by Gasteiger charge is 2.23. The van der Waals surface area contributed by atoms with E-state index in [1.54, 1.807) is 0 Å².